The minimum Gasteiger partial charge on any atom is -0.381 e. The molecule has 1 heterocycles. The molecule has 1 fully saturated rings. The van der Waals surface area contributed by atoms with Crippen LogP contribution in [0.1, 0.15) is 38.3 Å². The maximum absolute atomic E-state index is 13.7. The summed E-state index contributed by atoms with van der Waals surface area (Å²) in [5, 5.41) is 4.18. The number of nitrogen functional groups attached to an aromatic ring is 1. The molecule has 4 heteroatoms. The first-order chi connectivity index (χ1) is 6.54. The first-order valence-corrected chi connectivity index (χ1v) is 5.03. The van der Waals surface area contributed by atoms with Crippen molar-refractivity contribution in [1.29, 1.82) is 0 Å². The van der Waals surface area contributed by atoms with E-state index in [4.69, 9.17) is 5.73 Å². The quantitative estimate of drug-likeness (QED) is 0.748. The fourth-order valence-electron chi connectivity index (χ4n) is 2.29. The molecule has 0 radical (unpaired) electrons. The van der Waals surface area contributed by atoms with Gasteiger partial charge in [0, 0.05) is 12.5 Å². The van der Waals surface area contributed by atoms with E-state index in [0.29, 0.717) is 5.69 Å². The van der Waals surface area contributed by atoms with Gasteiger partial charge in [-0.25, -0.2) is 4.39 Å². The van der Waals surface area contributed by atoms with Crippen molar-refractivity contribution in [3.63, 3.8) is 0 Å². The summed E-state index contributed by atoms with van der Waals surface area (Å²) in [7, 11) is 1.68. The maximum Gasteiger partial charge on any atom is 0.188 e. The van der Waals surface area contributed by atoms with E-state index in [9.17, 15) is 4.39 Å². The molecule has 2 N–H and O–H groups in total. The molecule has 0 aliphatic heterocycles. The van der Waals surface area contributed by atoms with E-state index in [2.05, 4.69) is 12.0 Å². The number of aryl methyl sites for hydroxylation is 1. The number of rotatable bonds is 1. The van der Waals surface area contributed by atoms with Crippen molar-refractivity contribution in [3.05, 3.63) is 11.5 Å². The molecule has 0 unspecified atom stereocenters. The average Bonchev–Trinajstić information content (AvgIpc) is 2.67. The van der Waals surface area contributed by atoms with Gasteiger partial charge in [0.05, 0.1) is 0 Å². The molecule has 2 rings (SSSR count). The number of hydrogen-bond donors (Lipinski definition) is 1. The summed E-state index contributed by atoms with van der Waals surface area (Å²) in [4.78, 5) is 0. The van der Waals surface area contributed by atoms with Crippen LogP contribution in [0, 0.1) is 5.82 Å². The maximum atomic E-state index is 13.7. The largest absolute Gasteiger partial charge is 0.381 e. The van der Waals surface area contributed by atoms with Gasteiger partial charge in [0.2, 0.25) is 0 Å². The Balaban J connectivity index is 2.45. The third-order valence-corrected chi connectivity index (χ3v) is 3.31. The lowest BCUT2D eigenvalue weighted by Crippen LogP contribution is -2.19. The van der Waals surface area contributed by atoms with Crippen molar-refractivity contribution in [2.24, 2.45) is 7.05 Å². The van der Waals surface area contributed by atoms with Crippen LogP contribution < -0.4 is 5.73 Å². The van der Waals surface area contributed by atoms with Gasteiger partial charge in [0.1, 0.15) is 5.69 Å². The van der Waals surface area contributed by atoms with Crippen molar-refractivity contribution in [3.8, 4) is 0 Å². The topological polar surface area (TPSA) is 43.8 Å². The van der Waals surface area contributed by atoms with E-state index in [1.54, 1.807) is 7.05 Å². The Bertz CT molecular complexity index is 350. The van der Waals surface area contributed by atoms with Crippen LogP contribution in [0.15, 0.2) is 0 Å². The molecular weight excluding hydrogens is 181 g/mol. The summed E-state index contributed by atoms with van der Waals surface area (Å²) >= 11 is 0. The Hall–Kier alpha value is -1.06. The van der Waals surface area contributed by atoms with Gasteiger partial charge in [-0.2, -0.15) is 5.10 Å². The van der Waals surface area contributed by atoms with Gasteiger partial charge in [-0.05, 0) is 12.8 Å². The van der Waals surface area contributed by atoms with Gasteiger partial charge >= 0.3 is 0 Å². The van der Waals surface area contributed by atoms with E-state index >= 15 is 0 Å². The summed E-state index contributed by atoms with van der Waals surface area (Å²) < 4.78 is 15.1. The molecule has 1 saturated carbocycles. The Labute approximate surface area is 83.1 Å². The highest BCUT2D eigenvalue weighted by atomic mass is 19.1. The smallest absolute Gasteiger partial charge is 0.188 e. The third-order valence-electron chi connectivity index (χ3n) is 3.31. The lowest BCUT2D eigenvalue weighted by molar-refractivity contribution is 0.442. The van der Waals surface area contributed by atoms with Crippen molar-refractivity contribution in [1.82, 2.24) is 9.78 Å². The van der Waals surface area contributed by atoms with Crippen LogP contribution in [0.3, 0.4) is 0 Å². The van der Waals surface area contributed by atoms with Crippen LogP contribution in [0.25, 0.3) is 0 Å². The number of nitrogens with two attached hydrogens (primary N) is 1. The lowest BCUT2D eigenvalue weighted by atomic mass is 9.85. The average molecular weight is 197 g/mol. The molecule has 0 spiro atoms. The molecule has 1 aromatic rings. The molecule has 1 aliphatic rings. The monoisotopic (exact) mass is 197 g/mol. The predicted molar refractivity (Wildman–Crippen MR) is 53.4 cm³/mol. The van der Waals surface area contributed by atoms with Gasteiger partial charge in [-0.15, -0.1) is 0 Å². The highest BCUT2D eigenvalue weighted by Crippen LogP contribution is 2.41. The second kappa shape index (κ2) is 2.97. The highest BCUT2D eigenvalue weighted by Gasteiger charge is 2.36. The Morgan fingerprint density at radius 1 is 1.43 bits per heavy atom. The van der Waals surface area contributed by atoms with Crippen LogP contribution in [-0.4, -0.2) is 9.78 Å². The molecule has 78 valence electrons. The van der Waals surface area contributed by atoms with Crippen LogP contribution in [-0.2, 0) is 12.5 Å². The third kappa shape index (κ3) is 1.21. The normalized spacial score (nSPS) is 20.2. The Morgan fingerprint density at radius 3 is 2.43 bits per heavy atom. The van der Waals surface area contributed by atoms with Crippen LogP contribution in [0.5, 0.6) is 0 Å². The molecule has 0 saturated heterocycles. The van der Waals surface area contributed by atoms with Crippen molar-refractivity contribution in [2.75, 3.05) is 5.73 Å². The van der Waals surface area contributed by atoms with E-state index in [1.807, 2.05) is 0 Å². The van der Waals surface area contributed by atoms with Gasteiger partial charge in [-0.3, -0.25) is 4.68 Å². The SMILES string of the molecule is Cn1nc(C2(C)CCCC2)c(F)c1N. The number of halogens is 1. The fraction of sp³-hybridized carbons (Fsp3) is 0.700. The molecule has 0 amide bonds. The number of anilines is 1. The Kier molecular flexibility index (Phi) is 2.01. The summed E-state index contributed by atoms with van der Waals surface area (Å²) in [5.41, 5.74) is 6.01. The first kappa shape index (κ1) is 9.49. The number of hydrogen-bond acceptors (Lipinski definition) is 2. The van der Waals surface area contributed by atoms with Crippen molar-refractivity contribution >= 4 is 5.82 Å². The van der Waals surface area contributed by atoms with Gasteiger partial charge in [0.15, 0.2) is 11.6 Å². The summed E-state index contributed by atoms with van der Waals surface area (Å²) in [6.45, 7) is 2.07. The van der Waals surface area contributed by atoms with Crippen molar-refractivity contribution in [2.45, 2.75) is 38.0 Å². The highest BCUT2D eigenvalue weighted by molar-refractivity contribution is 5.37. The minimum absolute atomic E-state index is 0.0978. The number of aromatic nitrogens is 2. The van der Waals surface area contributed by atoms with Gasteiger partial charge in [0.25, 0.3) is 0 Å². The van der Waals surface area contributed by atoms with Crippen LogP contribution in [0.2, 0.25) is 0 Å². The van der Waals surface area contributed by atoms with E-state index in [0.717, 1.165) is 25.7 Å². The molecule has 14 heavy (non-hydrogen) atoms. The standard InChI is InChI=1S/C10H16FN3/c1-10(5-3-4-6-10)8-7(11)9(12)14(2)13-8/h3-6,12H2,1-2H3. The van der Waals surface area contributed by atoms with Crippen LogP contribution >= 0.6 is 0 Å². The van der Waals surface area contributed by atoms with Crippen LogP contribution in [0.4, 0.5) is 10.2 Å². The molecule has 3 nitrogen and oxygen atoms in total. The first-order valence-electron chi connectivity index (χ1n) is 5.03. The van der Waals surface area contributed by atoms with Crippen molar-refractivity contribution < 1.29 is 4.39 Å². The van der Waals surface area contributed by atoms with E-state index < -0.39 is 0 Å². The second-order valence-corrected chi connectivity index (χ2v) is 4.44. The molecule has 0 bridgehead atoms. The number of nitrogens with zero attached hydrogens (tertiary/aromatic N) is 2. The molecular formula is C10H16FN3. The molecule has 1 aliphatic carbocycles. The predicted octanol–water partition coefficient (Wildman–Crippen LogP) is 1.97. The van der Waals surface area contributed by atoms with Gasteiger partial charge in [-0.1, -0.05) is 19.8 Å². The zero-order valence-electron chi connectivity index (χ0n) is 8.68. The zero-order valence-corrected chi connectivity index (χ0v) is 8.68. The van der Waals surface area contributed by atoms with Gasteiger partial charge < -0.3 is 5.73 Å². The summed E-state index contributed by atoms with van der Waals surface area (Å²) in [5.74, 6) is -0.176. The zero-order chi connectivity index (χ0) is 10.3. The molecule has 0 aromatic carbocycles. The van der Waals surface area contributed by atoms with E-state index in [1.165, 1.54) is 4.68 Å². The lowest BCUT2D eigenvalue weighted by Gasteiger charge is -2.20. The summed E-state index contributed by atoms with van der Waals surface area (Å²) in [6.07, 6.45) is 4.35. The minimum atomic E-state index is -0.322. The van der Waals surface area contributed by atoms with E-state index in [-0.39, 0.29) is 17.1 Å². The fourth-order valence-corrected chi connectivity index (χ4v) is 2.29. The summed E-state index contributed by atoms with van der Waals surface area (Å²) in [6, 6.07) is 0. The second-order valence-electron chi connectivity index (χ2n) is 4.44. The Morgan fingerprint density at radius 2 is 2.00 bits per heavy atom. The molecule has 0 atom stereocenters. The molecule has 1 aromatic heterocycles.